The monoisotopic (exact) mass is 235 g/mol. The minimum Gasteiger partial charge on any atom is -0.397 e. The van der Waals surface area contributed by atoms with E-state index in [-0.39, 0.29) is 5.91 Å². The van der Waals surface area contributed by atoms with Gasteiger partial charge in [-0.2, -0.15) is 0 Å². The predicted molar refractivity (Wildman–Crippen MR) is 68.7 cm³/mol. The molecular formula is C13H21N3O. The van der Waals surface area contributed by atoms with Gasteiger partial charge in [0.2, 0.25) is 0 Å². The van der Waals surface area contributed by atoms with E-state index in [0.29, 0.717) is 23.2 Å². The fourth-order valence-corrected chi connectivity index (χ4v) is 2.79. The first-order chi connectivity index (χ1) is 7.97. The SMILES string of the molecule is CC1CC(C)CN(C(=O)c2cc(N)cn2C)C1. The standard InChI is InChI=1S/C13H21N3O/c1-9-4-10(2)7-16(6-9)13(17)12-5-11(14)8-15(12)3/h5,8-10H,4,6-7,14H2,1-3H3. The topological polar surface area (TPSA) is 51.3 Å². The molecule has 17 heavy (non-hydrogen) atoms. The summed E-state index contributed by atoms with van der Waals surface area (Å²) >= 11 is 0. The van der Waals surface area contributed by atoms with Crippen LogP contribution in [0.15, 0.2) is 12.3 Å². The first kappa shape index (κ1) is 12.0. The number of hydrogen-bond acceptors (Lipinski definition) is 2. The zero-order valence-corrected chi connectivity index (χ0v) is 10.8. The Balaban J connectivity index is 2.17. The first-order valence-corrected chi connectivity index (χ1v) is 6.18. The van der Waals surface area contributed by atoms with Crippen LogP contribution in [0.4, 0.5) is 5.69 Å². The van der Waals surface area contributed by atoms with Crippen LogP contribution in [0.25, 0.3) is 0 Å². The second kappa shape index (κ2) is 4.43. The average Bonchev–Trinajstić information content (AvgIpc) is 2.55. The molecule has 0 radical (unpaired) electrons. The lowest BCUT2D eigenvalue weighted by Gasteiger charge is -2.35. The minimum atomic E-state index is 0.0996. The van der Waals surface area contributed by atoms with Gasteiger partial charge < -0.3 is 15.2 Å². The molecule has 1 aromatic heterocycles. The van der Waals surface area contributed by atoms with Crippen LogP contribution in [0, 0.1) is 11.8 Å². The summed E-state index contributed by atoms with van der Waals surface area (Å²) < 4.78 is 1.81. The number of carbonyl (C=O) groups excluding carboxylic acids is 1. The first-order valence-electron chi connectivity index (χ1n) is 6.18. The van der Waals surface area contributed by atoms with Crippen LogP contribution in [-0.2, 0) is 7.05 Å². The summed E-state index contributed by atoms with van der Waals surface area (Å²) in [6.45, 7) is 6.12. The van der Waals surface area contributed by atoms with E-state index >= 15 is 0 Å². The number of likely N-dealkylation sites (tertiary alicyclic amines) is 1. The summed E-state index contributed by atoms with van der Waals surface area (Å²) in [5.41, 5.74) is 7.04. The molecule has 1 aromatic rings. The number of carbonyl (C=O) groups is 1. The smallest absolute Gasteiger partial charge is 0.270 e. The van der Waals surface area contributed by atoms with Crippen LogP contribution in [0.5, 0.6) is 0 Å². The number of amides is 1. The van der Waals surface area contributed by atoms with Crippen molar-refractivity contribution < 1.29 is 4.79 Å². The molecule has 0 bridgehead atoms. The molecule has 2 rings (SSSR count). The highest BCUT2D eigenvalue weighted by Crippen LogP contribution is 2.23. The van der Waals surface area contributed by atoms with E-state index in [4.69, 9.17) is 5.73 Å². The van der Waals surface area contributed by atoms with Gasteiger partial charge in [-0.15, -0.1) is 0 Å². The molecule has 0 spiro atoms. The molecule has 94 valence electrons. The van der Waals surface area contributed by atoms with E-state index in [1.54, 1.807) is 12.3 Å². The van der Waals surface area contributed by atoms with Crippen LogP contribution < -0.4 is 5.73 Å². The molecule has 0 saturated carbocycles. The molecule has 1 fully saturated rings. The van der Waals surface area contributed by atoms with Crippen LogP contribution >= 0.6 is 0 Å². The summed E-state index contributed by atoms with van der Waals surface area (Å²) in [7, 11) is 1.86. The zero-order chi connectivity index (χ0) is 12.6. The number of piperidine rings is 1. The Labute approximate surface area is 102 Å². The molecule has 1 aliphatic rings. The van der Waals surface area contributed by atoms with Crippen molar-refractivity contribution in [3.8, 4) is 0 Å². The Morgan fingerprint density at radius 3 is 2.41 bits per heavy atom. The van der Waals surface area contributed by atoms with Gasteiger partial charge in [-0.1, -0.05) is 13.8 Å². The summed E-state index contributed by atoms with van der Waals surface area (Å²) in [5.74, 6) is 1.27. The van der Waals surface area contributed by atoms with Crippen molar-refractivity contribution in [2.45, 2.75) is 20.3 Å². The number of aryl methyl sites for hydroxylation is 1. The summed E-state index contributed by atoms with van der Waals surface area (Å²) in [4.78, 5) is 14.3. The minimum absolute atomic E-state index is 0.0996. The van der Waals surface area contributed by atoms with Crippen molar-refractivity contribution in [3.63, 3.8) is 0 Å². The van der Waals surface area contributed by atoms with Crippen LogP contribution in [0.2, 0.25) is 0 Å². The fourth-order valence-electron chi connectivity index (χ4n) is 2.79. The van der Waals surface area contributed by atoms with Crippen molar-refractivity contribution in [2.24, 2.45) is 18.9 Å². The third-order valence-electron chi connectivity index (χ3n) is 3.40. The second-order valence-electron chi connectivity index (χ2n) is 5.43. The van der Waals surface area contributed by atoms with Crippen LogP contribution in [-0.4, -0.2) is 28.5 Å². The van der Waals surface area contributed by atoms with Crippen molar-refractivity contribution in [3.05, 3.63) is 18.0 Å². The normalized spacial score (nSPS) is 25.0. The molecule has 1 amide bonds. The van der Waals surface area contributed by atoms with E-state index in [1.165, 1.54) is 6.42 Å². The Morgan fingerprint density at radius 1 is 1.35 bits per heavy atom. The molecule has 1 saturated heterocycles. The number of nitrogens with two attached hydrogens (primary N) is 1. The molecule has 0 aliphatic carbocycles. The molecular weight excluding hydrogens is 214 g/mol. The maximum absolute atomic E-state index is 12.4. The Kier molecular flexibility index (Phi) is 3.13. The molecule has 2 unspecified atom stereocenters. The van der Waals surface area contributed by atoms with Gasteiger partial charge in [0.15, 0.2) is 0 Å². The van der Waals surface area contributed by atoms with Crippen molar-refractivity contribution in [1.82, 2.24) is 9.47 Å². The van der Waals surface area contributed by atoms with Gasteiger partial charge in [-0.25, -0.2) is 0 Å². The lowest BCUT2D eigenvalue weighted by atomic mass is 9.92. The Bertz CT molecular complexity index is 414. The van der Waals surface area contributed by atoms with E-state index in [1.807, 2.05) is 16.5 Å². The highest BCUT2D eigenvalue weighted by atomic mass is 16.2. The van der Waals surface area contributed by atoms with Gasteiger partial charge in [0.05, 0.1) is 5.69 Å². The molecule has 1 aliphatic heterocycles. The Morgan fingerprint density at radius 2 is 1.94 bits per heavy atom. The number of rotatable bonds is 1. The third-order valence-corrected chi connectivity index (χ3v) is 3.40. The van der Waals surface area contributed by atoms with Crippen molar-refractivity contribution >= 4 is 11.6 Å². The van der Waals surface area contributed by atoms with E-state index in [2.05, 4.69) is 13.8 Å². The predicted octanol–water partition coefficient (Wildman–Crippen LogP) is 1.73. The molecule has 2 N–H and O–H groups in total. The highest BCUT2D eigenvalue weighted by molar-refractivity contribution is 5.93. The van der Waals surface area contributed by atoms with Gasteiger partial charge in [-0.05, 0) is 24.3 Å². The number of nitrogen functional groups attached to an aromatic ring is 1. The quantitative estimate of drug-likeness (QED) is 0.806. The molecule has 4 nitrogen and oxygen atoms in total. The lowest BCUT2D eigenvalue weighted by molar-refractivity contribution is 0.0613. The van der Waals surface area contributed by atoms with E-state index in [0.717, 1.165) is 13.1 Å². The molecule has 2 heterocycles. The number of anilines is 1. The van der Waals surface area contributed by atoms with Gasteiger partial charge >= 0.3 is 0 Å². The zero-order valence-electron chi connectivity index (χ0n) is 10.8. The van der Waals surface area contributed by atoms with Crippen LogP contribution in [0.3, 0.4) is 0 Å². The van der Waals surface area contributed by atoms with Gasteiger partial charge in [0.1, 0.15) is 5.69 Å². The largest absolute Gasteiger partial charge is 0.397 e. The summed E-state index contributed by atoms with van der Waals surface area (Å²) in [5, 5.41) is 0. The number of hydrogen-bond donors (Lipinski definition) is 1. The van der Waals surface area contributed by atoms with Gasteiger partial charge in [0, 0.05) is 26.3 Å². The maximum atomic E-state index is 12.4. The van der Waals surface area contributed by atoms with Gasteiger partial charge in [-0.3, -0.25) is 4.79 Å². The second-order valence-corrected chi connectivity index (χ2v) is 5.43. The van der Waals surface area contributed by atoms with Crippen molar-refractivity contribution in [2.75, 3.05) is 18.8 Å². The average molecular weight is 235 g/mol. The number of nitrogens with zero attached hydrogens (tertiary/aromatic N) is 2. The molecule has 0 aromatic carbocycles. The molecule has 2 atom stereocenters. The Hall–Kier alpha value is -1.45. The highest BCUT2D eigenvalue weighted by Gasteiger charge is 2.27. The van der Waals surface area contributed by atoms with Crippen molar-refractivity contribution in [1.29, 1.82) is 0 Å². The van der Waals surface area contributed by atoms with Crippen LogP contribution in [0.1, 0.15) is 30.8 Å². The van der Waals surface area contributed by atoms with E-state index < -0.39 is 0 Å². The summed E-state index contributed by atoms with van der Waals surface area (Å²) in [6.07, 6.45) is 2.99. The molecule has 4 heteroatoms. The van der Waals surface area contributed by atoms with Gasteiger partial charge in [0.25, 0.3) is 5.91 Å². The number of aromatic nitrogens is 1. The summed E-state index contributed by atoms with van der Waals surface area (Å²) in [6, 6.07) is 1.76. The maximum Gasteiger partial charge on any atom is 0.270 e. The fraction of sp³-hybridized carbons (Fsp3) is 0.615. The lowest BCUT2D eigenvalue weighted by Crippen LogP contribution is -2.43. The van der Waals surface area contributed by atoms with E-state index in [9.17, 15) is 4.79 Å². The third kappa shape index (κ3) is 2.46.